The van der Waals surface area contributed by atoms with E-state index in [1.807, 2.05) is 0 Å². The number of carbonyl (C=O) groups is 2. The van der Waals surface area contributed by atoms with Crippen LogP contribution in [0, 0.1) is 0 Å². The van der Waals surface area contributed by atoms with Crippen molar-refractivity contribution in [2.75, 3.05) is 0 Å². The maximum atomic E-state index is 12.8. The minimum absolute atomic E-state index is 0.0713. The lowest BCUT2D eigenvalue weighted by molar-refractivity contribution is -0.142. The number of aromatic amines is 1. The van der Waals surface area contributed by atoms with E-state index in [1.54, 1.807) is 0 Å². The highest BCUT2D eigenvalue weighted by atomic mass is 19.4. The highest BCUT2D eigenvalue weighted by Crippen LogP contribution is 2.36. The molecular weight excluding hydrogens is 369 g/mol. The molecule has 1 amide bonds. The van der Waals surface area contributed by atoms with Crippen molar-refractivity contribution in [2.45, 2.75) is 31.1 Å². The summed E-state index contributed by atoms with van der Waals surface area (Å²) in [6, 6.07) is 0.186. The van der Waals surface area contributed by atoms with Crippen molar-refractivity contribution < 1.29 is 33.0 Å². The smallest absolute Gasteiger partial charge is 0.419 e. The molecule has 1 aromatic heterocycles. The number of aliphatic carboxylic acids is 1. The highest BCUT2D eigenvalue weighted by molar-refractivity contribution is 5.87. The molecule has 0 saturated carbocycles. The molecule has 8 nitrogen and oxygen atoms in total. The van der Waals surface area contributed by atoms with Gasteiger partial charge in [0.15, 0.2) is 0 Å². The topological polar surface area (TPSA) is 141 Å². The maximum absolute atomic E-state index is 12.8. The number of hydrogen-bond acceptors (Lipinski definition) is 5. The maximum Gasteiger partial charge on any atom is 0.419 e. The molecule has 2 atom stereocenters. The number of phenolic OH excluding ortho intramolecular Hbond substituents is 1. The quantitative estimate of drug-likeness (QED) is 0.477. The molecule has 2 rings (SSSR count). The Hall–Kier alpha value is -3.08. The number of aromatic hydroxyl groups is 1. The third kappa shape index (κ3) is 5.45. The molecule has 27 heavy (non-hydrogen) atoms. The number of rotatable bonds is 7. The molecule has 1 aromatic carbocycles. The summed E-state index contributed by atoms with van der Waals surface area (Å²) in [4.78, 5) is 29.9. The van der Waals surface area contributed by atoms with Crippen LogP contribution in [0.2, 0.25) is 0 Å². The van der Waals surface area contributed by atoms with Crippen LogP contribution in [-0.4, -0.2) is 44.1 Å². The number of carbonyl (C=O) groups excluding carboxylic acids is 1. The first-order chi connectivity index (χ1) is 12.6. The number of nitrogens with zero attached hydrogens (tertiary/aromatic N) is 1. The van der Waals surface area contributed by atoms with Crippen LogP contribution in [0.25, 0.3) is 0 Å². The van der Waals surface area contributed by atoms with Crippen LogP contribution in [0.4, 0.5) is 13.2 Å². The molecule has 6 N–H and O–H groups in total. The van der Waals surface area contributed by atoms with Crippen molar-refractivity contribution in [2.24, 2.45) is 5.73 Å². The Kier molecular flexibility index (Phi) is 6.05. The molecule has 0 aliphatic heterocycles. The van der Waals surface area contributed by atoms with Gasteiger partial charge in [0.05, 0.1) is 23.6 Å². The Bertz CT molecular complexity index is 808. The van der Waals surface area contributed by atoms with Gasteiger partial charge in [0.1, 0.15) is 11.8 Å². The fourth-order valence-corrected chi connectivity index (χ4v) is 2.37. The zero-order valence-corrected chi connectivity index (χ0v) is 13.8. The van der Waals surface area contributed by atoms with Gasteiger partial charge in [-0.3, -0.25) is 4.79 Å². The number of H-pyrrole nitrogens is 1. The number of hydrogen-bond donors (Lipinski definition) is 5. The highest BCUT2D eigenvalue weighted by Gasteiger charge is 2.34. The molecule has 2 aromatic rings. The number of benzene rings is 1. The summed E-state index contributed by atoms with van der Waals surface area (Å²) >= 11 is 0. The van der Waals surface area contributed by atoms with Crippen molar-refractivity contribution in [3.8, 4) is 5.75 Å². The standard InChI is InChI=1S/C16H17F3N4O4/c17-16(18,19)10-3-8(1-2-13(10)24)4-11(20)14(25)23-12(15(26)27)5-9-6-21-7-22-9/h1-3,6-7,11-12,24H,4-5,20H2,(H,21,22)(H,23,25)(H,26,27)/t11-,12-/m0/s1. The number of aromatic nitrogens is 2. The summed E-state index contributed by atoms with van der Waals surface area (Å²) in [5.74, 6) is -3.07. The minimum atomic E-state index is -4.76. The van der Waals surface area contributed by atoms with Crippen LogP contribution in [0.15, 0.2) is 30.7 Å². The van der Waals surface area contributed by atoms with Gasteiger partial charge in [0.25, 0.3) is 0 Å². The van der Waals surface area contributed by atoms with Crippen LogP contribution in [0.3, 0.4) is 0 Å². The average molecular weight is 386 g/mol. The molecule has 0 saturated heterocycles. The molecule has 0 aliphatic carbocycles. The van der Waals surface area contributed by atoms with Crippen molar-refractivity contribution in [1.82, 2.24) is 15.3 Å². The first-order valence-electron chi connectivity index (χ1n) is 7.73. The van der Waals surface area contributed by atoms with E-state index in [4.69, 9.17) is 5.73 Å². The second kappa shape index (κ2) is 8.08. The number of imidazole rings is 1. The number of carboxylic acid groups (broad SMARTS) is 1. The van der Waals surface area contributed by atoms with E-state index in [0.717, 1.165) is 6.07 Å². The number of alkyl halides is 3. The Morgan fingerprint density at radius 1 is 1.30 bits per heavy atom. The van der Waals surface area contributed by atoms with Crippen LogP contribution < -0.4 is 11.1 Å². The third-order valence-electron chi connectivity index (χ3n) is 3.74. The molecule has 0 aliphatic rings. The largest absolute Gasteiger partial charge is 0.507 e. The number of nitrogens with one attached hydrogen (secondary N) is 2. The Morgan fingerprint density at radius 3 is 2.56 bits per heavy atom. The van der Waals surface area contributed by atoms with E-state index in [1.165, 1.54) is 18.6 Å². The van der Waals surface area contributed by atoms with E-state index in [0.29, 0.717) is 11.8 Å². The zero-order valence-electron chi connectivity index (χ0n) is 13.8. The van der Waals surface area contributed by atoms with Gasteiger partial charge in [0, 0.05) is 12.6 Å². The fraction of sp³-hybridized carbons (Fsp3) is 0.312. The number of phenols is 1. The zero-order chi connectivity index (χ0) is 20.2. The molecule has 0 radical (unpaired) electrons. The van der Waals surface area contributed by atoms with Gasteiger partial charge in [-0.25, -0.2) is 9.78 Å². The van der Waals surface area contributed by atoms with Gasteiger partial charge in [-0.15, -0.1) is 0 Å². The first kappa shape index (κ1) is 20.2. The normalized spacial score (nSPS) is 13.8. The SMILES string of the molecule is N[C@@H](Cc1ccc(O)c(C(F)(F)F)c1)C(=O)N[C@@H](Cc1c[nH]cn1)C(=O)O. The molecule has 0 unspecified atom stereocenters. The molecule has 0 spiro atoms. The number of amides is 1. The molecule has 0 bridgehead atoms. The van der Waals surface area contributed by atoms with Gasteiger partial charge >= 0.3 is 12.1 Å². The fourth-order valence-electron chi connectivity index (χ4n) is 2.37. The van der Waals surface area contributed by atoms with E-state index in [2.05, 4.69) is 15.3 Å². The summed E-state index contributed by atoms with van der Waals surface area (Å²) in [7, 11) is 0. The van der Waals surface area contributed by atoms with Gasteiger partial charge in [0.2, 0.25) is 5.91 Å². The second-order valence-corrected chi connectivity index (χ2v) is 5.82. The molecular formula is C16H17F3N4O4. The van der Waals surface area contributed by atoms with Crippen LogP contribution in [0.5, 0.6) is 5.75 Å². The summed E-state index contributed by atoms with van der Waals surface area (Å²) in [6.45, 7) is 0. The van der Waals surface area contributed by atoms with E-state index < -0.39 is 41.4 Å². The number of halogens is 3. The van der Waals surface area contributed by atoms with Crippen molar-refractivity contribution in [3.05, 3.63) is 47.5 Å². The second-order valence-electron chi connectivity index (χ2n) is 5.82. The van der Waals surface area contributed by atoms with E-state index in [-0.39, 0.29) is 18.4 Å². The lowest BCUT2D eigenvalue weighted by Gasteiger charge is -2.18. The molecule has 1 heterocycles. The predicted octanol–water partition coefficient (Wildman–Crippen LogP) is 0.816. The van der Waals surface area contributed by atoms with Crippen molar-refractivity contribution >= 4 is 11.9 Å². The van der Waals surface area contributed by atoms with Crippen molar-refractivity contribution in [1.29, 1.82) is 0 Å². The molecule has 0 fully saturated rings. The minimum Gasteiger partial charge on any atom is -0.507 e. The average Bonchev–Trinajstić information content (AvgIpc) is 3.07. The Balaban J connectivity index is 2.05. The monoisotopic (exact) mass is 386 g/mol. The van der Waals surface area contributed by atoms with Gasteiger partial charge in [-0.1, -0.05) is 6.07 Å². The van der Waals surface area contributed by atoms with Crippen LogP contribution in [0.1, 0.15) is 16.8 Å². The Morgan fingerprint density at radius 2 is 2.00 bits per heavy atom. The summed E-state index contributed by atoms with van der Waals surface area (Å²) < 4.78 is 38.5. The number of nitrogens with two attached hydrogens (primary N) is 1. The van der Waals surface area contributed by atoms with E-state index in [9.17, 15) is 33.0 Å². The first-order valence-corrected chi connectivity index (χ1v) is 7.73. The van der Waals surface area contributed by atoms with Crippen LogP contribution in [-0.2, 0) is 28.6 Å². The van der Waals surface area contributed by atoms with Crippen LogP contribution >= 0.6 is 0 Å². The predicted molar refractivity (Wildman–Crippen MR) is 86.6 cm³/mol. The summed E-state index contributed by atoms with van der Waals surface area (Å²) in [5, 5.41) is 20.8. The number of carboxylic acids is 1. The lowest BCUT2D eigenvalue weighted by atomic mass is 10.0. The molecule has 11 heteroatoms. The van der Waals surface area contributed by atoms with E-state index >= 15 is 0 Å². The van der Waals surface area contributed by atoms with Crippen molar-refractivity contribution in [3.63, 3.8) is 0 Å². The van der Waals surface area contributed by atoms with Gasteiger partial charge < -0.3 is 26.2 Å². The summed E-state index contributed by atoms with van der Waals surface area (Å²) in [6.07, 6.45) is -2.30. The molecule has 146 valence electrons. The lowest BCUT2D eigenvalue weighted by Crippen LogP contribution is -2.50. The third-order valence-corrected chi connectivity index (χ3v) is 3.74. The van der Waals surface area contributed by atoms with Gasteiger partial charge in [-0.05, 0) is 24.1 Å². The van der Waals surface area contributed by atoms with Gasteiger partial charge in [-0.2, -0.15) is 13.2 Å². The Labute approximate surface area is 151 Å². The summed E-state index contributed by atoms with van der Waals surface area (Å²) in [5.41, 5.74) is 4.93.